The van der Waals surface area contributed by atoms with Gasteiger partial charge in [-0.15, -0.1) is 12.4 Å². The van der Waals surface area contributed by atoms with E-state index in [0.717, 1.165) is 21.6 Å². The first-order valence-electron chi connectivity index (χ1n) is 3.91. The Bertz CT molecular complexity index is 495. The number of hydrazone groups is 1. The molecular formula is C9H7ClN2OS. The van der Waals surface area contributed by atoms with Crippen LogP contribution in [0.5, 0.6) is 0 Å². The molecule has 0 fully saturated rings. The molecule has 0 aliphatic carbocycles. The van der Waals surface area contributed by atoms with Crippen LogP contribution >= 0.6 is 24.4 Å². The van der Waals surface area contributed by atoms with Crippen LogP contribution < -0.4 is 4.83 Å². The second kappa shape index (κ2) is 3.55. The summed E-state index contributed by atoms with van der Waals surface area (Å²) < 4.78 is 5.58. The van der Waals surface area contributed by atoms with Crippen molar-refractivity contribution >= 4 is 41.5 Å². The number of nitrogens with zero attached hydrogens (tertiary/aromatic N) is 1. The fourth-order valence-corrected chi connectivity index (χ4v) is 2.06. The highest BCUT2D eigenvalue weighted by Crippen LogP contribution is 2.33. The third-order valence-corrected chi connectivity index (χ3v) is 2.78. The fraction of sp³-hybridized carbons (Fsp3) is 0. The van der Waals surface area contributed by atoms with Crippen LogP contribution in [0.2, 0.25) is 0 Å². The number of nitrogens with one attached hydrogen (secondary N) is 1. The lowest BCUT2D eigenvalue weighted by molar-refractivity contribution is 0.597. The summed E-state index contributed by atoms with van der Waals surface area (Å²) in [6.45, 7) is 0. The minimum Gasteiger partial charge on any atom is -0.454 e. The van der Waals surface area contributed by atoms with Crippen LogP contribution in [0.15, 0.2) is 38.7 Å². The van der Waals surface area contributed by atoms with Gasteiger partial charge in [-0.1, -0.05) is 12.1 Å². The average molecular weight is 227 g/mol. The highest BCUT2D eigenvalue weighted by atomic mass is 35.5. The lowest BCUT2D eigenvalue weighted by atomic mass is 10.2. The molecule has 14 heavy (non-hydrogen) atoms. The maximum absolute atomic E-state index is 5.58. The molecule has 0 amide bonds. The zero-order valence-corrected chi connectivity index (χ0v) is 8.69. The number of para-hydroxylation sites is 1. The van der Waals surface area contributed by atoms with Crippen LogP contribution in [0, 0.1) is 0 Å². The van der Waals surface area contributed by atoms with Gasteiger partial charge in [-0.3, -0.25) is 0 Å². The molecule has 0 unspecified atom stereocenters. The minimum atomic E-state index is 0. The van der Waals surface area contributed by atoms with Crippen molar-refractivity contribution in [3.8, 4) is 0 Å². The van der Waals surface area contributed by atoms with Gasteiger partial charge in [0.05, 0.1) is 11.1 Å². The Labute approximate surface area is 91.1 Å². The lowest BCUT2D eigenvalue weighted by Crippen LogP contribution is -1.99. The third kappa shape index (κ3) is 1.27. The molecule has 72 valence electrons. The molecule has 2 aromatic rings. The van der Waals surface area contributed by atoms with Gasteiger partial charge >= 0.3 is 0 Å². The van der Waals surface area contributed by atoms with E-state index in [1.54, 1.807) is 6.21 Å². The van der Waals surface area contributed by atoms with Gasteiger partial charge in [0.1, 0.15) is 5.58 Å². The molecule has 1 aromatic carbocycles. The van der Waals surface area contributed by atoms with Gasteiger partial charge in [0.15, 0.2) is 5.76 Å². The number of benzene rings is 1. The molecule has 0 saturated carbocycles. The fourth-order valence-electron chi connectivity index (χ4n) is 1.39. The summed E-state index contributed by atoms with van der Waals surface area (Å²) in [6, 6.07) is 7.98. The molecule has 2 heterocycles. The number of halogens is 1. The van der Waals surface area contributed by atoms with Gasteiger partial charge in [0.25, 0.3) is 0 Å². The second-order valence-corrected chi connectivity index (χ2v) is 3.54. The lowest BCUT2D eigenvalue weighted by Gasteiger charge is -2.02. The Balaban J connectivity index is 0.000000750. The summed E-state index contributed by atoms with van der Waals surface area (Å²) in [5, 5.41) is 5.05. The molecule has 0 spiro atoms. The molecule has 5 heteroatoms. The number of hydrogen-bond donors (Lipinski definition) is 1. The van der Waals surface area contributed by atoms with E-state index >= 15 is 0 Å². The van der Waals surface area contributed by atoms with Gasteiger partial charge in [0.2, 0.25) is 0 Å². The summed E-state index contributed by atoms with van der Waals surface area (Å²) in [5.74, 6) is 0.838. The van der Waals surface area contributed by atoms with Gasteiger partial charge in [-0.05, 0) is 12.1 Å². The van der Waals surface area contributed by atoms with Crippen molar-refractivity contribution < 1.29 is 4.42 Å². The zero-order chi connectivity index (χ0) is 8.67. The summed E-state index contributed by atoms with van der Waals surface area (Å²) in [4.78, 5) is 3.96. The van der Waals surface area contributed by atoms with Crippen molar-refractivity contribution in [2.75, 3.05) is 0 Å². The predicted octanol–water partition coefficient (Wildman–Crippen LogP) is 2.80. The summed E-state index contributed by atoms with van der Waals surface area (Å²) in [7, 11) is 0. The first-order chi connectivity index (χ1) is 6.45. The van der Waals surface area contributed by atoms with Crippen molar-refractivity contribution in [1.29, 1.82) is 0 Å². The van der Waals surface area contributed by atoms with Crippen LogP contribution in [0.25, 0.3) is 11.0 Å². The molecule has 3 nitrogen and oxygen atoms in total. The van der Waals surface area contributed by atoms with E-state index < -0.39 is 0 Å². The van der Waals surface area contributed by atoms with E-state index in [4.69, 9.17) is 4.42 Å². The molecule has 1 aromatic heterocycles. The Kier molecular flexibility index (Phi) is 2.39. The van der Waals surface area contributed by atoms with E-state index in [1.165, 1.54) is 11.9 Å². The van der Waals surface area contributed by atoms with E-state index in [1.807, 2.05) is 24.3 Å². The molecule has 0 atom stereocenters. The largest absolute Gasteiger partial charge is 0.454 e. The third-order valence-electron chi connectivity index (χ3n) is 1.96. The van der Waals surface area contributed by atoms with E-state index in [9.17, 15) is 0 Å². The van der Waals surface area contributed by atoms with Gasteiger partial charge in [0, 0.05) is 17.3 Å². The van der Waals surface area contributed by atoms with Crippen LogP contribution in [0.3, 0.4) is 0 Å². The Hall–Kier alpha value is -1.13. The maximum atomic E-state index is 5.58. The van der Waals surface area contributed by atoms with E-state index in [2.05, 4.69) is 9.93 Å². The topological polar surface area (TPSA) is 37.5 Å². The number of furan rings is 1. The smallest absolute Gasteiger partial charge is 0.163 e. The van der Waals surface area contributed by atoms with Crippen LogP contribution in [0.1, 0.15) is 5.76 Å². The highest BCUT2D eigenvalue weighted by Gasteiger charge is 2.14. The predicted molar refractivity (Wildman–Crippen MR) is 60.0 cm³/mol. The summed E-state index contributed by atoms with van der Waals surface area (Å²) in [6.07, 6.45) is 1.70. The van der Waals surface area contributed by atoms with E-state index in [-0.39, 0.29) is 12.4 Å². The number of hydrogen-bond acceptors (Lipinski definition) is 4. The second-order valence-electron chi connectivity index (χ2n) is 2.74. The summed E-state index contributed by atoms with van der Waals surface area (Å²) in [5.41, 5.74) is 0.912. The van der Waals surface area contributed by atoms with Gasteiger partial charge in [-0.2, -0.15) is 5.10 Å². The average Bonchev–Trinajstić information content (AvgIpc) is 2.56. The zero-order valence-electron chi connectivity index (χ0n) is 7.06. The Morgan fingerprint density at radius 2 is 2.14 bits per heavy atom. The standard InChI is InChI=1S/C9H6N2OS.ClH/c1-2-4-7-6(3-1)9-8(12-7)5-10-11-13-9;/h1-5,11H;1H. The van der Waals surface area contributed by atoms with Crippen LogP contribution in [-0.4, -0.2) is 6.21 Å². The maximum Gasteiger partial charge on any atom is 0.163 e. The Morgan fingerprint density at radius 1 is 1.29 bits per heavy atom. The van der Waals surface area contributed by atoms with Crippen molar-refractivity contribution in [3.05, 3.63) is 30.0 Å². The number of fused-ring (bicyclic) bond motifs is 3. The molecule has 0 saturated heterocycles. The molecular weight excluding hydrogens is 220 g/mol. The Morgan fingerprint density at radius 3 is 3.07 bits per heavy atom. The van der Waals surface area contributed by atoms with Crippen LogP contribution in [-0.2, 0) is 0 Å². The molecule has 1 N–H and O–H groups in total. The molecule has 1 aliphatic heterocycles. The minimum absolute atomic E-state index is 0. The van der Waals surface area contributed by atoms with Crippen molar-refractivity contribution in [3.63, 3.8) is 0 Å². The molecule has 0 radical (unpaired) electrons. The first-order valence-corrected chi connectivity index (χ1v) is 4.73. The molecule has 1 aliphatic rings. The van der Waals surface area contributed by atoms with E-state index in [0.29, 0.717) is 0 Å². The van der Waals surface area contributed by atoms with Gasteiger partial charge in [-0.25, -0.2) is 4.83 Å². The van der Waals surface area contributed by atoms with Crippen LogP contribution in [0.4, 0.5) is 0 Å². The summed E-state index contributed by atoms with van der Waals surface area (Å²) >= 11 is 1.48. The SMILES string of the molecule is C1=NNSc2c1oc1ccccc21.Cl. The number of rotatable bonds is 0. The first kappa shape index (κ1) is 9.43. The highest BCUT2D eigenvalue weighted by molar-refractivity contribution is 7.97. The van der Waals surface area contributed by atoms with Gasteiger partial charge < -0.3 is 4.42 Å². The normalized spacial score (nSPS) is 13.1. The van der Waals surface area contributed by atoms with Crippen molar-refractivity contribution in [2.24, 2.45) is 5.10 Å². The quantitative estimate of drug-likeness (QED) is 0.702. The molecule has 3 rings (SSSR count). The molecule has 0 bridgehead atoms. The monoisotopic (exact) mass is 226 g/mol. The van der Waals surface area contributed by atoms with Crippen molar-refractivity contribution in [2.45, 2.75) is 4.90 Å². The van der Waals surface area contributed by atoms with Crippen molar-refractivity contribution in [1.82, 2.24) is 4.83 Å².